The Labute approximate surface area is 85.0 Å². The summed E-state index contributed by atoms with van der Waals surface area (Å²) < 4.78 is 4.80. The third kappa shape index (κ3) is 6.62. The predicted octanol–water partition coefficient (Wildman–Crippen LogP) is 0.466. The van der Waals surface area contributed by atoms with Gasteiger partial charge < -0.3 is 15.2 Å². The maximum Gasteiger partial charge on any atom is 0.220 e. The molecule has 0 aliphatic heterocycles. The Hall–Kier alpha value is -0.870. The number of carbonyl (C=O) groups excluding carboxylic acids is 1. The van der Waals surface area contributed by atoms with E-state index in [4.69, 9.17) is 4.74 Å². The van der Waals surface area contributed by atoms with Crippen LogP contribution < -0.4 is 5.32 Å². The zero-order chi connectivity index (χ0) is 11.0. The topological polar surface area (TPSA) is 58.6 Å². The molecule has 0 aromatic heterocycles. The molecule has 0 aliphatic rings. The number of allylic oxidation sites excluding steroid dienone is 1. The van der Waals surface area contributed by atoms with Gasteiger partial charge in [-0.2, -0.15) is 0 Å². The summed E-state index contributed by atoms with van der Waals surface area (Å²) in [7, 11) is 1.51. The largest absolute Gasteiger partial charge is 0.386 e. The maximum absolute atomic E-state index is 11.1. The highest BCUT2D eigenvalue weighted by molar-refractivity contribution is 5.76. The van der Waals surface area contributed by atoms with Gasteiger partial charge in [-0.25, -0.2) is 0 Å². The molecule has 0 aromatic rings. The Morgan fingerprint density at radius 3 is 2.86 bits per heavy atom. The first kappa shape index (κ1) is 13.1. The van der Waals surface area contributed by atoms with Gasteiger partial charge in [0.05, 0.1) is 6.61 Å². The number of ether oxygens (including phenoxy) is 1. The van der Waals surface area contributed by atoms with Crippen molar-refractivity contribution in [1.29, 1.82) is 0 Å². The maximum atomic E-state index is 11.1. The molecule has 4 heteroatoms. The molecular weight excluding hydrogens is 182 g/mol. The fourth-order valence-corrected chi connectivity index (χ4v) is 0.973. The summed E-state index contributed by atoms with van der Waals surface area (Å²) in [5.74, 6) is -0.0821. The van der Waals surface area contributed by atoms with Crippen molar-refractivity contribution in [3.63, 3.8) is 0 Å². The SMILES string of the molecule is C=CCCC(=O)NC[C@@](C)(O)COC. The first-order valence-corrected chi connectivity index (χ1v) is 4.61. The number of methoxy groups -OCH3 is 1. The van der Waals surface area contributed by atoms with E-state index in [1.807, 2.05) is 0 Å². The van der Waals surface area contributed by atoms with Gasteiger partial charge >= 0.3 is 0 Å². The fraction of sp³-hybridized carbons (Fsp3) is 0.700. The third-order valence-electron chi connectivity index (χ3n) is 1.70. The van der Waals surface area contributed by atoms with Crippen molar-refractivity contribution in [2.24, 2.45) is 0 Å². The fourth-order valence-electron chi connectivity index (χ4n) is 0.973. The molecule has 0 saturated heterocycles. The van der Waals surface area contributed by atoms with Gasteiger partial charge in [0.25, 0.3) is 0 Å². The van der Waals surface area contributed by atoms with E-state index in [0.29, 0.717) is 12.8 Å². The normalized spacial score (nSPS) is 14.5. The van der Waals surface area contributed by atoms with Crippen LogP contribution in [0.4, 0.5) is 0 Å². The van der Waals surface area contributed by atoms with Crippen LogP contribution in [0.5, 0.6) is 0 Å². The lowest BCUT2D eigenvalue weighted by Crippen LogP contribution is -2.43. The highest BCUT2D eigenvalue weighted by Gasteiger charge is 2.20. The first-order valence-electron chi connectivity index (χ1n) is 4.61. The number of aliphatic hydroxyl groups is 1. The second-order valence-electron chi connectivity index (χ2n) is 3.53. The van der Waals surface area contributed by atoms with E-state index in [1.54, 1.807) is 13.0 Å². The molecule has 0 fully saturated rings. The van der Waals surface area contributed by atoms with Crippen LogP contribution in [-0.4, -0.2) is 36.9 Å². The minimum absolute atomic E-state index is 0.0821. The van der Waals surface area contributed by atoms with E-state index in [9.17, 15) is 9.90 Å². The van der Waals surface area contributed by atoms with Crippen LogP contribution in [0.15, 0.2) is 12.7 Å². The number of hydrogen-bond acceptors (Lipinski definition) is 3. The highest BCUT2D eigenvalue weighted by Crippen LogP contribution is 2.01. The summed E-state index contributed by atoms with van der Waals surface area (Å²) in [5, 5.41) is 12.3. The molecule has 0 heterocycles. The van der Waals surface area contributed by atoms with Crippen molar-refractivity contribution < 1.29 is 14.6 Å². The number of carbonyl (C=O) groups is 1. The molecule has 14 heavy (non-hydrogen) atoms. The summed E-state index contributed by atoms with van der Waals surface area (Å²) in [6.07, 6.45) is 2.75. The van der Waals surface area contributed by atoms with Crippen molar-refractivity contribution in [1.82, 2.24) is 5.32 Å². The van der Waals surface area contributed by atoms with Crippen molar-refractivity contribution in [2.75, 3.05) is 20.3 Å². The number of hydrogen-bond donors (Lipinski definition) is 2. The quantitative estimate of drug-likeness (QED) is 0.588. The summed E-state index contributed by atoms with van der Waals surface area (Å²) in [5.41, 5.74) is -1.00. The van der Waals surface area contributed by atoms with Crippen LogP contribution >= 0.6 is 0 Å². The summed E-state index contributed by atoms with van der Waals surface area (Å²) in [6.45, 7) is 5.55. The smallest absolute Gasteiger partial charge is 0.220 e. The molecule has 0 unspecified atom stereocenters. The minimum atomic E-state index is -1.00. The zero-order valence-corrected chi connectivity index (χ0v) is 8.88. The van der Waals surface area contributed by atoms with Gasteiger partial charge in [0, 0.05) is 20.1 Å². The van der Waals surface area contributed by atoms with Gasteiger partial charge in [0.1, 0.15) is 5.60 Å². The molecule has 0 spiro atoms. The summed E-state index contributed by atoms with van der Waals surface area (Å²) >= 11 is 0. The average molecular weight is 201 g/mol. The van der Waals surface area contributed by atoms with E-state index in [0.717, 1.165) is 0 Å². The van der Waals surface area contributed by atoms with E-state index in [-0.39, 0.29) is 19.1 Å². The Kier molecular flexibility index (Phi) is 6.16. The van der Waals surface area contributed by atoms with E-state index >= 15 is 0 Å². The molecule has 2 N–H and O–H groups in total. The lowest BCUT2D eigenvalue weighted by Gasteiger charge is -2.22. The molecule has 0 rings (SSSR count). The lowest BCUT2D eigenvalue weighted by atomic mass is 10.1. The Morgan fingerprint density at radius 1 is 1.71 bits per heavy atom. The van der Waals surface area contributed by atoms with Gasteiger partial charge in [0.15, 0.2) is 0 Å². The Morgan fingerprint density at radius 2 is 2.36 bits per heavy atom. The zero-order valence-electron chi connectivity index (χ0n) is 8.88. The Balaban J connectivity index is 3.69. The van der Waals surface area contributed by atoms with Gasteiger partial charge in [-0.05, 0) is 13.3 Å². The predicted molar refractivity (Wildman–Crippen MR) is 54.9 cm³/mol. The second kappa shape index (κ2) is 6.56. The molecule has 0 aliphatic carbocycles. The van der Waals surface area contributed by atoms with E-state index in [2.05, 4.69) is 11.9 Å². The molecule has 0 saturated carbocycles. The summed E-state index contributed by atoms with van der Waals surface area (Å²) in [6, 6.07) is 0. The van der Waals surface area contributed by atoms with E-state index < -0.39 is 5.60 Å². The number of nitrogens with one attached hydrogen (secondary N) is 1. The standard InChI is InChI=1S/C10H19NO3/c1-4-5-6-9(12)11-7-10(2,13)8-14-3/h4,13H,1,5-8H2,2-3H3,(H,11,12)/t10-/m1/s1. The first-order chi connectivity index (χ1) is 6.52. The second-order valence-corrected chi connectivity index (χ2v) is 3.53. The van der Waals surface area contributed by atoms with Crippen molar-refractivity contribution in [2.45, 2.75) is 25.4 Å². The molecule has 0 aromatic carbocycles. The molecule has 4 nitrogen and oxygen atoms in total. The Bertz CT molecular complexity index is 190. The highest BCUT2D eigenvalue weighted by atomic mass is 16.5. The van der Waals surface area contributed by atoms with Crippen LogP contribution in [-0.2, 0) is 9.53 Å². The van der Waals surface area contributed by atoms with Gasteiger partial charge in [-0.1, -0.05) is 6.08 Å². The van der Waals surface area contributed by atoms with Crippen molar-refractivity contribution >= 4 is 5.91 Å². The third-order valence-corrected chi connectivity index (χ3v) is 1.70. The molecule has 82 valence electrons. The van der Waals surface area contributed by atoms with Crippen LogP contribution in [0, 0.1) is 0 Å². The van der Waals surface area contributed by atoms with Gasteiger partial charge in [-0.15, -0.1) is 6.58 Å². The average Bonchev–Trinajstić information content (AvgIpc) is 2.11. The van der Waals surface area contributed by atoms with Gasteiger partial charge in [0.2, 0.25) is 5.91 Å². The number of amides is 1. The minimum Gasteiger partial charge on any atom is -0.386 e. The van der Waals surface area contributed by atoms with Crippen LogP contribution in [0.3, 0.4) is 0 Å². The van der Waals surface area contributed by atoms with Gasteiger partial charge in [-0.3, -0.25) is 4.79 Å². The molecule has 1 atom stereocenters. The molecule has 1 amide bonds. The van der Waals surface area contributed by atoms with Crippen LogP contribution in [0.25, 0.3) is 0 Å². The molecule has 0 bridgehead atoms. The monoisotopic (exact) mass is 201 g/mol. The van der Waals surface area contributed by atoms with Crippen LogP contribution in [0.1, 0.15) is 19.8 Å². The molecule has 0 radical (unpaired) electrons. The van der Waals surface area contributed by atoms with E-state index in [1.165, 1.54) is 7.11 Å². The molecular formula is C10H19NO3. The van der Waals surface area contributed by atoms with Crippen molar-refractivity contribution in [3.05, 3.63) is 12.7 Å². The summed E-state index contributed by atoms with van der Waals surface area (Å²) in [4.78, 5) is 11.1. The van der Waals surface area contributed by atoms with Crippen molar-refractivity contribution in [3.8, 4) is 0 Å². The lowest BCUT2D eigenvalue weighted by molar-refractivity contribution is -0.122. The number of rotatable bonds is 7. The van der Waals surface area contributed by atoms with Crippen LogP contribution in [0.2, 0.25) is 0 Å².